The number of nitrogens with two attached hydrogens (primary N) is 1. The lowest BCUT2D eigenvalue weighted by Gasteiger charge is -2.15. The van der Waals surface area contributed by atoms with Crippen molar-refractivity contribution in [2.24, 2.45) is 5.90 Å². The first kappa shape index (κ1) is 73.6. The van der Waals surface area contributed by atoms with Crippen LogP contribution in [0.25, 0.3) is 0 Å². The van der Waals surface area contributed by atoms with Crippen LogP contribution in [-0.2, 0) is 78.8 Å². The number of amides is 4. The number of esters is 3. The molecule has 20 heteroatoms. The van der Waals surface area contributed by atoms with Gasteiger partial charge in [0.05, 0.1) is 18.8 Å². The highest BCUT2D eigenvalue weighted by Crippen LogP contribution is 2.09. The maximum absolute atomic E-state index is 12.7. The SMILES string of the molecule is CC.CCCCCCNC(=O)CCCCCNC(=O)c1ccc(F)nc1.NOCCCCNC(=O)CCC(NC=O)C(=O)OCc1ccccc1.O=C(CCCC(=O)OCc1ccccc1)OCc1ccccc1.POCc1ccccc1. The Bertz CT molecular complexity index is 2400. The zero-order chi connectivity index (χ0) is 60.8. The topological polar surface area (TPSA) is 253 Å². The number of aromatic nitrogens is 1. The fraction of sp³-hybridized carbons (Fsp3) is 0.429. The molecule has 2 atom stereocenters. The number of nitrogens with zero attached hydrogens (tertiary/aromatic N) is 1. The van der Waals surface area contributed by atoms with Gasteiger partial charge in [0.25, 0.3) is 5.91 Å². The molecule has 0 bridgehead atoms. The minimum Gasteiger partial charge on any atom is -0.461 e. The summed E-state index contributed by atoms with van der Waals surface area (Å²) in [4.78, 5) is 88.9. The van der Waals surface area contributed by atoms with Crippen molar-refractivity contribution in [1.29, 1.82) is 0 Å². The van der Waals surface area contributed by atoms with Crippen LogP contribution in [0.5, 0.6) is 0 Å². The number of unbranched alkanes of at least 4 members (excludes halogenated alkanes) is 6. The third-order valence-electron chi connectivity index (χ3n) is 11.5. The molecule has 83 heavy (non-hydrogen) atoms. The van der Waals surface area contributed by atoms with Gasteiger partial charge in [-0.05, 0) is 79.3 Å². The molecule has 454 valence electrons. The van der Waals surface area contributed by atoms with Gasteiger partial charge in [-0.1, -0.05) is 168 Å². The Morgan fingerprint density at radius 3 is 1.47 bits per heavy atom. The summed E-state index contributed by atoms with van der Waals surface area (Å²) < 4.78 is 33.0. The van der Waals surface area contributed by atoms with Crippen LogP contribution in [0.3, 0.4) is 0 Å². The van der Waals surface area contributed by atoms with E-state index in [1.165, 1.54) is 37.1 Å². The molecule has 0 aliphatic carbocycles. The number of halogens is 1. The largest absolute Gasteiger partial charge is 0.461 e. The molecule has 6 N–H and O–H groups in total. The van der Waals surface area contributed by atoms with E-state index in [2.05, 4.69) is 47.5 Å². The summed E-state index contributed by atoms with van der Waals surface area (Å²) in [5.74, 6) is 2.79. The quantitative estimate of drug-likeness (QED) is 0.00481. The van der Waals surface area contributed by atoms with Crippen LogP contribution >= 0.6 is 9.47 Å². The molecule has 0 aliphatic rings. The van der Waals surface area contributed by atoms with Crippen molar-refractivity contribution in [1.82, 2.24) is 26.3 Å². The number of ether oxygens (including phenoxy) is 3. The van der Waals surface area contributed by atoms with E-state index in [-0.39, 0.29) is 75.2 Å². The van der Waals surface area contributed by atoms with E-state index in [1.807, 2.05) is 135 Å². The van der Waals surface area contributed by atoms with Crippen molar-refractivity contribution in [3.8, 4) is 0 Å². The molecular formula is C63H88FN6O12P. The molecule has 0 aliphatic heterocycles. The second kappa shape index (κ2) is 51.4. The lowest BCUT2D eigenvalue weighted by atomic mass is 10.1. The predicted molar refractivity (Wildman–Crippen MR) is 322 cm³/mol. The van der Waals surface area contributed by atoms with Gasteiger partial charge in [0, 0.05) is 61.0 Å². The molecule has 0 fully saturated rings. The van der Waals surface area contributed by atoms with Crippen LogP contribution < -0.4 is 27.2 Å². The van der Waals surface area contributed by atoms with E-state index in [0.717, 1.165) is 67.8 Å². The Hall–Kier alpha value is -7.44. The molecular weight excluding hydrogens is 1080 g/mol. The highest BCUT2D eigenvalue weighted by molar-refractivity contribution is 7.09. The summed E-state index contributed by atoms with van der Waals surface area (Å²) in [6, 6.07) is 40.0. The van der Waals surface area contributed by atoms with E-state index >= 15 is 0 Å². The molecule has 0 spiro atoms. The summed E-state index contributed by atoms with van der Waals surface area (Å²) in [6.07, 6.45) is 11.9. The Morgan fingerprint density at radius 2 is 1.01 bits per heavy atom. The number of carbonyl (C=O) groups excluding carboxylic acids is 7. The number of nitrogens with one attached hydrogen (secondary N) is 4. The zero-order valence-corrected chi connectivity index (χ0v) is 49.7. The highest BCUT2D eigenvalue weighted by atomic mass is 31.0. The molecule has 2 unspecified atom stereocenters. The molecule has 0 saturated heterocycles. The minimum atomic E-state index is -0.849. The second-order valence-corrected chi connectivity index (χ2v) is 18.5. The van der Waals surface area contributed by atoms with Gasteiger partial charge in [-0.15, -0.1) is 0 Å². The molecule has 5 aromatic rings. The van der Waals surface area contributed by atoms with Gasteiger partial charge in [0.2, 0.25) is 24.2 Å². The van der Waals surface area contributed by atoms with Crippen LogP contribution in [0.2, 0.25) is 0 Å². The van der Waals surface area contributed by atoms with Crippen LogP contribution in [0.15, 0.2) is 140 Å². The monoisotopic (exact) mass is 1170 g/mol. The van der Waals surface area contributed by atoms with E-state index in [1.54, 1.807) is 0 Å². The van der Waals surface area contributed by atoms with Crippen LogP contribution in [-0.4, -0.2) is 79.3 Å². The zero-order valence-electron chi connectivity index (χ0n) is 48.6. The van der Waals surface area contributed by atoms with Crippen LogP contribution in [0, 0.1) is 5.95 Å². The number of benzene rings is 4. The maximum Gasteiger partial charge on any atom is 0.328 e. The van der Waals surface area contributed by atoms with E-state index in [9.17, 15) is 38.0 Å². The summed E-state index contributed by atoms with van der Waals surface area (Å²) >= 11 is 0. The van der Waals surface area contributed by atoms with E-state index in [4.69, 9.17) is 24.6 Å². The molecule has 4 amide bonds. The number of hydrogen-bond donors (Lipinski definition) is 5. The molecule has 1 heterocycles. The molecule has 1 aromatic heterocycles. The van der Waals surface area contributed by atoms with Gasteiger partial charge in [-0.25, -0.2) is 15.7 Å². The number of hydrogen-bond acceptors (Lipinski definition) is 14. The smallest absolute Gasteiger partial charge is 0.328 e. The minimum absolute atomic E-state index is 0.105. The number of carbonyl (C=O) groups is 7. The Morgan fingerprint density at radius 1 is 0.554 bits per heavy atom. The first-order valence-electron chi connectivity index (χ1n) is 28.4. The van der Waals surface area contributed by atoms with E-state index in [0.29, 0.717) is 51.1 Å². The summed E-state index contributed by atoms with van der Waals surface area (Å²) in [7, 11) is 2.23. The molecule has 18 nitrogen and oxygen atoms in total. The van der Waals surface area contributed by atoms with Gasteiger partial charge in [-0.3, -0.25) is 28.8 Å². The van der Waals surface area contributed by atoms with Gasteiger partial charge in [0.1, 0.15) is 25.9 Å². The average molecular weight is 1170 g/mol. The second-order valence-electron chi connectivity index (χ2n) is 18.2. The van der Waals surface area contributed by atoms with Crippen molar-refractivity contribution in [2.75, 3.05) is 26.2 Å². The van der Waals surface area contributed by atoms with Gasteiger partial charge in [0.15, 0.2) is 0 Å². The van der Waals surface area contributed by atoms with E-state index < -0.39 is 18.0 Å². The standard InChI is InChI=1S/C19H20O4.C18H28FN3O2.C17H25N3O5.C7H9OP.C2H6/c20-18(22-14-16-8-3-1-4-9-16)12-7-13-19(21)23-15-17-10-5-2-6-11-17;1-2-3-4-7-12-20-17(23)9-6-5-8-13-21-18(24)15-10-11-16(19)22-14-15;18-25-11-5-4-10-19-16(22)9-8-15(20-13-21)17(23)24-12-14-6-2-1-3-7-14;9-8-6-7-4-2-1-3-5-7;1-2/h1-6,8-11H,7,12-15H2;10-11,14H,2-9,12-13H2,1H3,(H,20,23)(H,21,24);1-3,6-7,13,15H,4-5,8-12,18H2,(H,19,22)(H,20,21);1-5H,6,9H2;1-2H3. The van der Waals surface area contributed by atoms with Gasteiger partial charge < -0.3 is 44.8 Å². The predicted octanol–water partition coefficient (Wildman–Crippen LogP) is 10.3. The van der Waals surface area contributed by atoms with Gasteiger partial charge >= 0.3 is 17.9 Å². The molecule has 0 saturated carbocycles. The van der Waals surface area contributed by atoms with Crippen molar-refractivity contribution in [3.63, 3.8) is 0 Å². The third-order valence-corrected chi connectivity index (χ3v) is 11.7. The van der Waals surface area contributed by atoms with Crippen molar-refractivity contribution < 1.29 is 61.5 Å². The molecule has 5 rings (SSSR count). The van der Waals surface area contributed by atoms with Gasteiger partial charge in [-0.2, -0.15) is 4.39 Å². The lowest BCUT2D eigenvalue weighted by molar-refractivity contribution is -0.149. The first-order chi connectivity index (χ1) is 40.5. The van der Waals surface area contributed by atoms with Crippen LogP contribution in [0.4, 0.5) is 4.39 Å². The Balaban J connectivity index is 0.000000569. The fourth-order valence-electron chi connectivity index (χ4n) is 7.02. The number of rotatable bonds is 35. The maximum atomic E-state index is 12.7. The van der Waals surface area contributed by atoms with Crippen LogP contribution in [0.1, 0.15) is 150 Å². The third kappa shape index (κ3) is 41.2. The molecule has 0 radical (unpaired) electrons. The lowest BCUT2D eigenvalue weighted by Crippen LogP contribution is -2.38. The summed E-state index contributed by atoms with van der Waals surface area (Å²) in [6.45, 7) is 9.72. The van der Waals surface area contributed by atoms with Crippen molar-refractivity contribution >= 4 is 51.5 Å². The average Bonchev–Trinajstić information content (AvgIpc) is 3.52. The van der Waals surface area contributed by atoms with Crippen molar-refractivity contribution in [2.45, 2.75) is 150 Å². The Kier molecular flexibility index (Phi) is 45.6. The Labute approximate surface area is 492 Å². The fourth-order valence-corrected chi connectivity index (χ4v) is 7.21. The first-order valence-corrected chi connectivity index (χ1v) is 28.8. The summed E-state index contributed by atoms with van der Waals surface area (Å²) in [5, 5.41) is 10.8. The normalized spacial score (nSPS) is 10.3. The number of pyridine rings is 1. The molecule has 4 aromatic carbocycles. The highest BCUT2D eigenvalue weighted by Gasteiger charge is 2.20. The summed E-state index contributed by atoms with van der Waals surface area (Å²) in [5.41, 5.74) is 4.29. The van der Waals surface area contributed by atoms with Crippen molar-refractivity contribution in [3.05, 3.63) is 173 Å².